The summed E-state index contributed by atoms with van der Waals surface area (Å²) < 4.78 is 37.2. The van der Waals surface area contributed by atoms with E-state index in [1.807, 2.05) is 170 Å². The Morgan fingerprint density at radius 2 is 1.21 bits per heavy atom. The van der Waals surface area contributed by atoms with E-state index in [4.69, 9.17) is 10.5 Å². The van der Waals surface area contributed by atoms with Crippen molar-refractivity contribution in [1.29, 1.82) is 0 Å². The maximum absolute atomic E-state index is 9.16. The molecule has 0 bridgehead atoms. The van der Waals surface area contributed by atoms with Gasteiger partial charge in [0, 0.05) is 37.5 Å². The van der Waals surface area contributed by atoms with Crippen molar-refractivity contribution in [3.05, 3.63) is 187 Å². The smallest absolute Gasteiger partial charge is 0.0774 e. The molecule has 3 nitrogen and oxygen atoms in total. The number of nitrogens with zero attached hydrogens (tertiary/aromatic N) is 3. The van der Waals surface area contributed by atoms with Crippen molar-refractivity contribution in [1.82, 2.24) is 14.5 Å². The van der Waals surface area contributed by atoms with E-state index in [9.17, 15) is 0 Å². The Hall–Kier alpha value is -5.41. The molecule has 0 unspecified atom stereocenters. The largest absolute Gasteiger partial charge is 0.333 e. The summed E-state index contributed by atoms with van der Waals surface area (Å²) in [6.45, 7) is 13.4. The Kier molecular flexibility index (Phi) is 11.5. The van der Waals surface area contributed by atoms with Gasteiger partial charge in [-0.25, -0.2) is 0 Å². The summed E-state index contributed by atoms with van der Waals surface area (Å²) >= 11 is 0. The van der Waals surface area contributed by atoms with Gasteiger partial charge in [-0.3, -0.25) is 4.98 Å². The molecule has 8 aromatic rings. The summed E-state index contributed by atoms with van der Waals surface area (Å²) in [4.78, 5) is 9.43. The molecule has 0 saturated carbocycles. The molecule has 2 heterocycles. The first-order valence-corrected chi connectivity index (χ1v) is 19.2. The van der Waals surface area contributed by atoms with E-state index < -0.39 is 23.6 Å². The molecule has 0 spiro atoms. The minimum absolute atomic E-state index is 0. The predicted octanol–water partition coefficient (Wildman–Crippen LogP) is 14.2. The van der Waals surface area contributed by atoms with Crippen LogP contribution in [0, 0.1) is 17.5 Å². The summed E-state index contributed by atoms with van der Waals surface area (Å²) in [5.41, 5.74) is 11.5. The minimum Gasteiger partial charge on any atom is -0.333 e. The van der Waals surface area contributed by atoms with Gasteiger partial charge in [-0.15, -0.1) is 71.8 Å². The van der Waals surface area contributed by atoms with Crippen LogP contribution in [0.15, 0.2) is 158 Å². The number of rotatable bonds is 8. The second kappa shape index (κ2) is 18.2. The van der Waals surface area contributed by atoms with Crippen LogP contribution in [-0.2, 0) is 26.5 Å². The molecular formula is C53H51IrN3-2. The maximum Gasteiger partial charge on any atom is 0.0774 e. The SMILES string of the molecule is [2H]C(C)(C)c1cc(-c2ccccc2)cc(C([2H])(C)C)c1-n1c(-c2[c-]cccc2)nc2ccccc21.[2H]C([2H])(c1ccc(-c2ccnc(-c3[c-]cccc3)c2)cc1)C(C)(C)C.[Ir]. The van der Waals surface area contributed by atoms with Crippen molar-refractivity contribution < 1.29 is 25.6 Å². The van der Waals surface area contributed by atoms with E-state index in [2.05, 4.69) is 52.0 Å². The van der Waals surface area contributed by atoms with Crippen molar-refractivity contribution in [3.8, 4) is 50.6 Å². The molecule has 0 aliphatic rings. The Balaban J connectivity index is 0.000000212. The van der Waals surface area contributed by atoms with Gasteiger partial charge in [-0.1, -0.05) is 121 Å². The number of aromatic nitrogens is 3. The monoisotopic (exact) mass is 926 g/mol. The zero-order valence-electron chi connectivity index (χ0n) is 37.7. The Bertz CT molecular complexity index is 2680. The van der Waals surface area contributed by atoms with Gasteiger partial charge in [-0.2, -0.15) is 0 Å². The first kappa shape index (κ1) is 36.0. The summed E-state index contributed by atoms with van der Waals surface area (Å²) in [6, 6.07) is 56.4. The molecule has 0 fully saturated rings. The number of imidazole rings is 1. The van der Waals surface area contributed by atoms with Crippen LogP contribution < -0.4 is 0 Å². The normalized spacial score (nSPS) is 13.0. The van der Waals surface area contributed by atoms with Gasteiger partial charge in [0.15, 0.2) is 0 Å². The molecule has 0 atom stereocenters. The molecule has 8 rings (SSSR count). The van der Waals surface area contributed by atoms with Crippen LogP contribution in [0.1, 0.15) is 82.4 Å². The number of benzene rings is 6. The number of hydrogen-bond donors (Lipinski definition) is 0. The van der Waals surface area contributed by atoms with E-state index in [0.717, 1.165) is 72.7 Å². The summed E-state index contributed by atoms with van der Waals surface area (Å²) in [5, 5.41) is 0. The molecular weight excluding hydrogens is 871 g/mol. The van der Waals surface area contributed by atoms with Crippen molar-refractivity contribution in [2.75, 3.05) is 0 Å². The molecule has 6 aromatic carbocycles. The van der Waals surface area contributed by atoms with E-state index in [0.29, 0.717) is 5.56 Å². The van der Waals surface area contributed by atoms with Crippen LogP contribution in [0.4, 0.5) is 0 Å². The van der Waals surface area contributed by atoms with E-state index in [-0.39, 0.29) is 20.1 Å². The molecule has 289 valence electrons. The summed E-state index contributed by atoms with van der Waals surface area (Å²) in [7, 11) is 0. The van der Waals surface area contributed by atoms with E-state index in [1.165, 1.54) is 0 Å². The van der Waals surface area contributed by atoms with Gasteiger partial charge in [0.2, 0.25) is 0 Å². The molecule has 57 heavy (non-hydrogen) atoms. The van der Waals surface area contributed by atoms with Crippen LogP contribution in [0.3, 0.4) is 0 Å². The van der Waals surface area contributed by atoms with Gasteiger partial charge in [0.05, 0.1) is 16.9 Å². The van der Waals surface area contributed by atoms with E-state index >= 15 is 0 Å². The molecule has 1 radical (unpaired) electrons. The quantitative estimate of drug-likeness (QED) is 0.142. The van der Waals surface area contributed by atoms with Crippen molar-refractivity contribution >= 4 is 11.0 Å². The van der Waals surface area contributed by atoms with Gasteiger partial charge >= 0.3 is 0 Å². The van der Waals surface area contributed by atoms with Crippen LogP contribution in [0.2, 0.25) is 0 Å². The third kappa shape index (κ3) is 9.77. The van der Waals surface area contributed by atoms with Gasteiger partial charge < -0.3 is 9.55 Å². The fraction of sp³-hybridized carbons (Fsp3) is 0.208. The van der Waals surface area contributed by atoms with Crippen LogP contribution in [0.5, 0.6) is 0 Å². The van der Waals surface area contributed by atoms with Crippen molar-refractivity contribution in [3.63, 3.8) is 0 Å². The van der Waals surface area contributed by atoms with Gasteiger partial charge in [0.1, 0.15) is 0 Å². The second-order valence-corrected chi connectivity index (χ2v) is 15.5. The molecule has 2 aromatic heterocycles. The second-order valence-electron chi connectivity index (χ2n) is 15.5. The average Bonchev–Trinajstić information content (AvgIpc) is 3.63. The fourth-order valence-electron chi connectivity index (χ4n) is 6.89. The van der Waals surface area contributed by atoms with Crippen molar-refractivity contribution in [2.45, 2.75) is 66.6 Å². The molecule has 0 amide bonds. The number of pyridine rings is 1. The van der Waals surface area contributed by atoms with Gasteiger partial charge in [-0.05, 0) is 98.5 Å². The molecule has 0 aliphatic heterocycles. The van der Waals surface area contributed by atoms with Crippen LogP contribution >= 0.6 is 0 Å². The summed E-state index contributed by atoms with van der Waals surface area (Å²) in [5.74, 6) is -1.07. The zero-order valence-corrected chi connectivity index (χ0v) is 36.1. The average molecular weight is 926 g/mol. The topological polar surface area (TPSA) is 30.7 Å². The van der Waals surface area contributed by atoms with Gasteiger partial charge in [0.25, 0.3) is 0 Å². The third-order valence-corrected chi connectivity index (χ3v) is 9.51. The fourth-order valence-corrected chi connectivity index (χ4v) is 6.89. The molecule has 0 aliphatic carbocycles. The maximum atomic E-state index is 9.16. The first-order valence-electron chi connectivity index (χ1n) is 21.2. The Labute approximate surface area is 358 Å². The minimum atomic E-state index is -1.38. The van der Waals surface area contributed by atoms with Crippen LogP contribution in [-0.4, -0.2) is 14.5 Å². The van der Waals surface area contributed by atoms with Crippen LogP contribution in [0.25, 0.3) is 61.6 Å². The predicted molar refractivity (Wildman–Crippen MR) is 236 cm³/mol. The number of fused-ring (bicyclic) bond motifs is 1. The Morgan fingerprint density at radius 1 is 0.632 bits per heavy atom. The first-order chi connectivity index (χ1) is 28.4. The third-order valence-electron chi connectivity index (χ3n) is 9.51. The number of para-hydroxylation sites is 2. The number of hydrogen-bond acceptors (Lipinski definition) is 2. The van der Waals surface area contributed by atoms with E-state index in [1.54, 1.807) is 6.20 Å². The molecule has 0 N–H and O–H groups in total. The molecule has 0 saturated heterocycles. The molecule has 4 heteroatoms. The standard InChI is InChI=1S/C31H29N2.C22H22N.Ir/c1-21(2)26-19-25(23-13-7-5-8-14-23)20-27(22(3)4)30(26)33-29-18-12-11-17-28(29)32-31(33)24-15-9-6-10-16-24;1-22(2,3)16-17-9-11-18(12-10-17)20-13-14-23-21(15-20)19-7-5-4-6-8-19;/h5-15,17-22H,1-4H3;4-7,9-15H,16H2,1-3H3;/q2*-1;/i21D,22D;16D2;. The van der Waals surface area contributed by atoms with Crippen molar-refractivity contribution in [2.24, 2.45) is 5.41 Å². The Morgan fingerprint density at radius 3 is 1.81 bits per heavy atom. The zero-order chi connectivity index (χ0) is 42.9. The summed E-state index contributed by atoms with van der Waals surface area (Å²) in [6.07, 6.45) is 0.418.